The van der Waals surface area contributed by atoms with E-state index in [0.29, 0.717) is 35.1 Å². The fourth-order valence-electron chi connectivity index (χ4n) is 7.18. The van der Waals surface area contributed by atoms with Crippen molar-refractivity contribution in [3.8, 4) is 11.5 Å². The first kappa shape index (κ1) is 27.8. The van der Waals surface area contributed by atoms with E-state index in [1.54, 1.807) is 12.1 Å². The van der Waals surface area contributed by atoms with E-state index in [2.05, 4.69) is 13.5 Å². The Balaban J connectivity index is 1.66. The van der Waals surface area contributed by atoms with Crippen molar-refractivity contribution in [2.24, 2.45) is 22.7 Å². The molecule has 4 rings (SSSR count). The lowest BCUT2D eigenvalue weighted by atomic mass is 9.46. The van der Waals surface area contributed by atoms with Gasteiger partial charge in [0.15, 0.2) is 0 Å². The van der Waals surface area contributed by atoms with Gasteiger partial charge in [0.25, 0.3) is 0 Å². The van der Waals surface area contributed by atoms with Crippen LogP contribution >= 0.6 is 0 Å². The van der Waals surface area contributed by atoms with Gasteiger partial charge in [-0.25, -0.2) is 0 Å². The topological polar surface area (TPSA) is 99.1 Å². The van der Waals surface area contributed by atoms with E-state index in [0.717, 1.165) is 36.8 Å². The number of aliphatic hydroxyl groups excluding tert-OH is 1. The van der Waals surface area contributed by atoms with Crippen molar-refractivity contribution in [3.05, 3.63) is 48.0 Å². The molecule has 2 saturated carbocycles. The number of hydrogen-bond acceptors (Lipinski definition) is 7. The maximum atomic E-state index is 12.9. The molecule has 2 aromatic carbocycles. The molecule has 0 saturated heterocycles. The van der Waals surface area contributed by atoms with Crippen molar-refractivity contribution >= 4 is 28.7 Å². The van der Waals surface area contributed by atoms with Gasteiger partial charge in [-0.3, -0.25) is 14.4 Å². The number of methoxy groups -OCH3 is 1. The van der Waals surface area contributed by atoms with Crippen LogP contribution in [0.3, 0.4) is 0 Å². The van der Waals surface area contributed by atoms with Gasteiger partial charge in [0.1, 0.15) is 11.5 Å². The Morgan fingerprint density at radius 1 is 1.00 bits per heavy atom. The maximum absolute atomic E-state index is 12.9. The summed E-state index contributed by atoms with van der Waals surface area (Å²) in [7, 11) is 1.44. The van der Waals surface area contributed by atoms with Crippen molar-refractivity contribution in [3.63, 3.8) is 0 Å². The number of carbonyl (C=O) groups excluding carboxylic acids is 3. The Morgan fingerprint density at radius 2 is 1.63 bits per heavy atom. The van der Waals surface area contributed by atoms with E-state index in [-0.39, 0.29) is 23.2 Å². The average molecular weight is 523 g/mol. The number of fused-ring (bicyclic) bond motifs is 2. The molecule has 0 spiro atoms. The van der Waals surface area contributed by atoms with E-state index in [1.807, 2.05) is 25.1 Å². The molecule has 38 heavy (non-hydrogen) atoms. The van der Waals surface area contributed by atoms with Crippen molar-refractivity contribution < 1.29 is 33.7 Å². The van der Waals surface area contributed by atoms with Crippen molar-refractivity contribution in [2.75, 3.05) is 7.11 Å². The molecule has 0 aliphatic heterocycles. The van der Waals surface area contributed by atoms with Gasteiger partial charge in [-0.05, 0) is 85.6 Å². The molecule has 0 radical (unpaired) electrons. The second-order valence-electron chi connectivity index (χ2n) is 11.4. The lowest BCUT2D eigenvalue weighted by molar-refractivity contribution is -0.171. The van der Waals surface area contributed by atoms with Gasteiger partial charge in [-0.15, -0.1) is 0 Å². The number of aliphatic hydroxyl groups is 1. The average Bonchev–Trinajstić information content (AvgIpc) is 2.86. The van der Waals surface area contributed by atoms with Gasteiger partial charge in [0.2, 0.25) is 0 Å². The predicted octanol–water partition coefficient (Wildman–Crippen LogP) is 5.55. The van der Waals surface area contributed by atoms with Crippen molar-refractivity contribution in [2.45, 2.75) is 72.3 Å². The molecule has 5 atom stereocenters. The minimum atomic E-state index is -0.668. The largest absolute Gasteiger partial charge is 0.469 e. The number of carbonyl (C=O) groups is 3. The van der Waals surface area contributed by atoms with Crippen LogP contribution in [0.2, 0.25) is 0 Å². The lowest BCUT2D eigenvalue weighted by Gasteiger charge is -2.58. The fourth-order valence-corrected chi connectivity index (χ4v) is 7.18. The van der Waals surface area contributed by atoms with E-state index < -0.39 is 23.5 Å². The van der Waals surface area contributed by atoms with Crippen LogP contribution in [0, 0.1) is 22.7 Å². The van der Waals surface area contributed by atoms with Crippen LogP contribution in [0.25, 0.3) is 10.8 Å². The third-order valence-electron chi connectivity index (χ3n) is 8.99. The zero-order valence-electron chi connectivity index (χ0n) is 23.0. The molecule has 7 nitrogen and oxygen atoms in total. The van der Waals surface area contributed by atoms with Crippen molar-refractivity contribution in [1.82, 2.24) is 0 Å². The Labute approximate surface area is 224 Å². The number of benzene rings is 2. The highest BCUT2D eigenvalue weighted by molar-refractivity contribution is 5.96. The Hall–Kier alpha value is -3.19. The zero-order chi connectivity index (χ0) is 27.8. The van der Waals surface area contributed by atoms with Crippen LogP contribution < -0.4 is 9.47 Å². The number of aryl methyl sites for hydroxylation is 1. The van der Waals surface area contributed by atoms with Gasteiger partial charge >= 0.3 is 17.9 Å². The first-order chi connectivity index (χ1) is 17.9. The Kier molecular flexibility index (Phi) is 7.71. The SMILES string of the molecule is C=C1[C@H](O)C[C@@H]2[C@](C)(CCC[C@]2(C)C(=O)OC)[C@H]1CCc1ccc2c(OC(C)=O)ccc(OC(C)=O)c2c1. The molecule has 0 aromatic heterocycles. The number of esters is 3. The van der Waals surface area contributed by atoms with E-state index in [9.17, 15) is 19.5 Å². The van der Waals surface area contributed by atoms with Crippen LogP contribution in [0.1, 0.15) is 65.4 Å². The van der Waals surface area contributed by atoms with E-state index in [4.69, 9.17) is 14.2 Å². The molecule has 2 aromatic rings. The van der Waals surface area contributed by atoms with Crippen molar-refractivity contribution in [1.29, 1.82) is 0 Å². The summed E-state index contributed by atoms with van der Waals surface area (Å²) in [6, 6.07) is 9.07. The standard InChI is InChI=1S/C31H38O7/c1-18-24(30(4)14-7-15-31(5,29(35)36-6)28(30)17-25(18)34)11-9-21-8-10-22-23(16-21)27(38-20(3)33)13-12-26(22)37-19(2)32/h8,10,12-13,16,24-25,28,34H,1,7,9,11,14-15,17H2,2-6H3/t24-,25+,28+,30+,31-/m0/s1. The molecule has 0 unspecified atom stereocenters. The van der Waals surface area contributed by atoms with Gasteiger partial charge < -0.3 is 19.3 Å². The summed E-state index contributed by atoms with van der Waals surface area (Å²) in [6.07, 6.45) is 3.91. The highest BCUT2D eigenvalue weighted by Crippen LogP contribution is 2.62. The number of rotatable bonds is 6. The van der Waals surface area contributed by atoms with Gasteiger partial charge in [-0.2, -0.15) is 0 Å². The molecule has 2 fully saturated rings. The first-order valence-electron chi connectivity index (χ1n) is 13.3. The van der Waals surface area contributed by atoms with E-state index >= 15 is 0 Å². The van der Waals surface area contributed by atoms with Crippen LogP contribution in [-0.2, 0) is 25.5 Å². The zero-order valence-corrected chi connectivity index (χ0v) is 23.0. The Bertz CT molecular complexity index is 1280. The normalized spacial score (nSPS) is 28.9. The van der Waals surface area contributed by atoms with Gasteiger partial charge in [0, 0.05) is 24.6 Å². The Morgan fingerprint density at radius 3 is 2.24 bits per heavy atom. The fraction of sp³-hybridized carbons (Fsp3) is 0.516. The first-order valence-corrected chi connectivity index (χ1v) is 13.3. The molecule has 7 heteroatoms. The van der Waals surface area contributed by atoms with Crippen LogP contribution in [0.4, 0.5) is 0 Å². The second-order valence-corrected chi connectivity index (χ2v) is 11.4. The molecule has 0 bridgehead atoms. The quantitative estimate of drug-likeness (QED) is 0.302. The second kappa shape index (κ2) is 10.5. The number of hydrogen-bond donors (Lipinski definition) is 1. The molecular weight excluding hydrogens is 484 g/mol. The molecule has 1 N–H and O–H groups in total. The summed E-state index contributed by atoms with van der Waals surface area (Å²) in [6.45, 7) is 11.2. The summed E-state index contributed by atoms with van der Waals surface area (Å²) < 4.78 is 16.0. The summed E-state index contributed by atoms with van der Waals surface area (Å²) in [5.74, 6) is -0.262. The predicted molar refractivity (Wildman–Crippen MR) is 144 cm³/mol. The molecular formula is C31H38O7. The maximum Gasteiger partial charge on any atom is 0.311 e. The minimum absolute atomic E-state index is 0.0137. The third-order valence-corrected chi connectivity index (χ3v) is 8.99. The minimum Gasteiger partial charge on any atom is -0.469 e. The molecule has 2 aliphatic carbocycles. The lowest BCUT2D eigenvalue weighted by Crippen LogP contribution is -2.56. The molecule has 204 valence electrons. The molecule has 2 aliphatic rings. The third kappa shape index (κ3) is 4.96. The van der Waals surface area contributed by atoms with E-state index in [1.165, 1.54) is 21.0 Å². The number of ether oxygens (including phenoxy) is 3. The van der Waals surface area contributed by atoms with Crippen LogP contribution in [-0.4, -0.2) is 36.2 Å². The molecule has 0 heterocycles. The summed E-state index contributed by atoms with van der Waals surface area (Å²) in [5, 5.41) is 12.4. The van der Waals surface area contributed by atoms with Gasteiger partial charge in [-0.1, -0.05) is 32.1 Å². The summed E-state index contributed by atoms with van der Waals surface area (Å²) >= 11 is 0. The highest BCUT2D eigenvalue weighted by atomic mass is 16.5. The van der Waals surface area contributed by atoms with Gasteiger partial charge in [0.05, 0.1) is 18.6 Å². The summed E-state index contributed by atoms with van der Waals surface area (Å²) in [5.41, 5.74) is 1.01. The highest BCUT2D eigenvalue weighted by Gasteiger charge is 2.59. The summed E-state index contributed by atoms with van der Waals surface area (Å²) in [4.78, 5) is 36.2. The monoisotopic (exact) mass is 522 g/mol. The smallest absolute Gasteiger partial charge is 0.311 e. The van der Waals surface area contributed by atoms with Crippen LogP contribution in [0.5, 0.6) is 11.5 Å². The molecule has 0 amide bonds. The van der Waals surface area contributed by atoms with Crippen LogP contribution in [0.15, 0.2) is 42.5 Å².